The van der Waals surface area contributed by atoms with Crippen molar-refractivity contribution in [1.82, 2.24) is 15.4 Å². The highest BCUT2D eigenvalue weighted by Gasteiger charge is 2.30. The third kappa shape index (κ3) is 5.40. The Kier molecular flexibility index (Phi) is 7.18. The summed E-state index contributed by atoms with van der Waals surface area (Å²) >= 11 is 1.53. The molecule has 8 nitrogen and oxygen atoms in total. The number of β-amino-alcohol motifs (C(OH)–C–C–N with tert-alkyl or cyclic N) is 1. The Balaban J connectivity index is 1.29. The monoisotopic (exact) mass is 406 g/mol. The van der Waals surface area contributed by atoms with Gasteiger partial charge in [-0.05, 0) is 43.8 Å². The Morgan fingerprint density at radius 2 is 2.25 bits per heavy atom. The van der Waals surface area contributed by atoms with E-state index in [-0.39, 0.29) is 11.6 Å². The third-order valence-corrected chi connectivity index (χ3v) is 5.86. The molecule has 4 N–H and O–H groups in total. The van der Waals surface area contributed by atoms with Crippen LogP contribution in [0.2, 0.25) is 0 Å². The zero-order valence-electron chi connectivity index (χ0n) is 15.7. The Hall–Kier alpha value is -2.23. The highest BCUT2D eigenvalue weighted by Crippen LogP contribution is 2.25. The summed E-state index contributed by atoms with van der Waals surface area (Å²) in [6.45, 7) is 2.71. The van der Waals surface area contributed by atoms with Gasteiger partial charge in [0.2, 0.25) is 5.91 Å². The second-order valence-electron chi connectivity index (χ2n) is 7.04. The maximum absolute atomic E-state index is 12.1. The molecule has 3 rings (SSSR count). The number of aliphatic hydroxyl groups excluding tert-OH is 1. The zero-order valence-corrected chi connectivity index (χ0v) is 16.5. The second kappa shape index (κ2) is 9.81. The molecule has 0 aromatic carbocycles. The van der Waals surface area contributed by atoms with Crippen LogP contribution in [0.5, 0.6) is 0 Å². The minimum absolute atomic E-state index is 0.233. The molecule has 9 heteroatoms. The third-order valence-electron chi connectivity index (χ3n) is 4.97. The van der Waals surface area contributed by atoms with Crippen molar-refractivity contribution in [3.8, 4) is 10.6 Å². The number of aromatic nitrogens is 1. The van der Waals surface area contributed by atoms with Crippen LogP contribution >= 0.6 is 11.3 Å². The van der Waals surface area contributed by atoms with E-state index in [2.05, 4.69) is 15.4 Å². The molecule has 2 atom stereocenters. The Morgan fingerprint density at radius 3 is 2.96 bits per heavy atom. The fourth-order valence-corrected chi connectivity index (χ4v) is 4.05. The average Bonchev–Trinajstić information content (AvgIpc) is 3.35. The lowest BCUT2D eigenvalue weighted by atomic mass is 9.93. The van der Waals surface area contributed by atoms with Crippen molar-refractivity contribution in [2.24, 2.45) is 11.7 Å². The summed E-state index contributed by atoms with van der Waals surface area (Å²) in [4.78, 5) is 26.4. The molecule has 3 heterocycles. The first-order chi connectivity index (χ1) is 13.5. The normalized spacial score (nSPS) is 20.2. The predicted octanol–water partition coefficient (Wildman–Crippen LogP) is 1.47. The molecule has 1 aliphatic rings. The maximum atomic E-state index is 12.1. The van der Waals surface area contributed by atoms with Gasteiger partial charge in [0.1, 0.15) is 0 Å². The SMILES string of the molecule is NC(=O)[C@@H]1CCN(CCCCCNC(=O)c2cc(-c3cccs3)on2)C[C@@H]1O. The largest absolute Gasteiger partial charge is 0.391 e. The highest BCUT2D eigenvalue weighted by molar-refractivity contribution is 7.13. The van der Waals surface area contributed by atoms with Gasteiger partial charge in [0.25, 0.3) is 5.91 Å². The van der Waals surface area contributed by atoms with E-state index in [0.717, 1.165) is 37.2 Å². The Labute approximate surface area is 167 Å². The molecule has 2 amide bonds. The molecular formula is C19H26N4O4S. The lowest BCUT2D eigenvalue weighted by Crippen LogP contribution is -2.48. The average molecular weight is 407 g/mol. The number of carbonyl (C=O) groups excluding carboxylic acids is 2. The number of hydrogen-bond donors (Lipinski definition) is 3. The molecule has 0 bridgehead atoms. The number of hydrogen-bond acceptors (Lipinski definition) is 7. The fourth-order valence-electron chi connectivity index (χ4n) is 3.38. The first-order valence-corrected chi connectivity index (χ1v) is 10.4. The van der Waals surface area contributed by atoms with Crippen molar-refractivity contribution >= 4 is 23.2 Å². The van der Waals surface area contributed by atoms with Gasteiger partial charge in [-0.2, -0.15) is 0 Å². The van der Waals surface area contributed by atoms with Crippen LogP contribution in [0.25, 0.3) is 10.6 Å². The Bertz CT molecular complexity index is 777. The number of thiophene rings is 1. The van der Waals surface area contributed by atoms with E-state index in [0.29, 0.717) is 25.3 Å². The molecular weight excluding hydrogens is 380 g/mol. The van der Waals surface area contributed by atoms with Crippen LogP contribution in [0.4, 0.5) is 0 Å². The van der Waals surface area contributed by atoms with Crippen molar-refractivity contribution in [1.29, 1.82) is 0 Å². The minimum Gasteiger partial charge on any atom is -0.391 e. The molecule has 0 radical (unpaired) electrons. The Morgan fingerprint density at radius 1 is 1.39 bits per heavy atom. The van der Waals surface area contributed by atoms with Crippen molar-refractivity contribution in [2.75, 3.05) is 26.2 Å². The molecule has 1 aliphatic heterocycles. The summed E-state index contributed by atoms with van der Waals surface area (Å²) in [6.07, 6.45) is 2.73. The number of amides is 2. The molecule has 0 aliphatic carbocycles. The van der Waals surface area contributed by atoms with E-state index in [1.165, 1.54) is 11.3 Å². The van der Waals surface area contributed by atoms with Gasteiger partial charge in [-0.15, -0.1) is 11.3 Å². The van der Waals surface area contributed by atoms with Gasteiger partial charge in [0, 0.05) is 19.2 Å². The standard InChI is InChI=1S/C19H26N4O4S/c20-18(25)13-6-9-23(12-15(13)24)8-3-1-2-7-21-19(26)14-11-16(27-22-14)17-5-4-10-28-17/h4-5,10-11,13,15,24H,1-3,6-9,12H2,(H2,20,25)(H,21,26)/t13-,15+/m1/s1. The van der Waals surface area contributed by atoms with E-state index in [1.807, 2.05) is 17.5 Å². The van der Waals surface area contributed by atoms with Crippen molar-refractivity contribution in [3.63, 3.8) is 0 Å². The molecule has 0 spiro atoms. The van der Waals surface area contributed by atoms with Crippen LogP contribution in [-0.4, -0.2) is 59.3 Å². The number of nitrogens with two attached hydrogens (primary N) is 1. The smallest absolute Gasteiger partial charge is 0.273 e. The van der Waals surface area contributed by atoms with E-state index in [1.54, 1.807) is 6.07 Å². The number of aliphatic hydroxyl groups is 1. The number of rotatable bonds is 9. The van der Waals surface area contributed by atoms with E-state index in [9.17, 15) is 14.7 Å². The number of nitrogens with one attached hydrogen (secondary N) is 1. The maximum Gasteiger partial charge on any atom is 0.273 e. The van der Waals surface area contributed by atoms with Crippen molar-refractivity contribution < 1.29 is 19.2 Å². The molecule has 28 heavy (non-hydrogen) atoms. The van der Waals surface area contributed by atoms with E-state index < -0.39 is 17.9 Å². The first-order valence-electron chi connectivity index (χ1n) is 9.53. The molecule has 0 saturated carbocycles. The minimum atomic E-state index is -0.674. The number of primary amides is 1. The molecule has 1 fully saturated rings. The van der Waals surface area contributed by atoms with Gasteiger partial charge in [-0.3, -0.25) is 9.59 Å². The second-order valence-corrected chi connectivity index (χ2v) is 7.98. The fraction of sp³-hybridized carbons (Fsp3) is 0.526. The van der Waals surface area contributed by atoms with Gasteiger partial charge >= 0.3 is 0 Å². The molecule has 1 saturated heterocycles. The van der Waals surface area contributed by atoms with E-state index >= 15 is 0 Å². The summed E-state index contributed by atoms with van der Waals surface area (Å²) in [7, 11) is 0. The predicted molar refractivity (Wildman–Crippen MR) is 106 cm³/mol. The first kappa shape index (κ1) is 20.5. The summed E-state index contributed by atoms with van der Waals surface area (Å²) < 4.78 is 5.22. The van der Waals surface area contributed by atoms with Gasteiger partial charge in [0.05, 0.1) is 16.9 Å². The summed E-state index contributed by atoms with van der Waals surface area (Å²) in [5, 5.41) is 18.6. The number of carbonyl (C=O) groups is 2. The molecule has 2 aromatic rings. The van der Waals surface area contributed by atoms with Gasteiger partial charge in [-0.1, -0.05) is 17.6 Å². The molecule has 152 valence electrons. The van der Waals surface area contributed by atoms with Gasteiger partial charge in [-0.25, -0.2) is 0 Å². The van der Waals surface area contributed by atoms with E-state index in [4.69, 9.17) is 10.3 Å². The van der Waals surface area contributed by atoms with Crippen LogP contribution in [0.15, 0.2) is 28.1 Å². The van der Waals surface area contributed by atoms with Crippen LogP contribution in [0.1, 0.15) is 36.2 Å². The lowest BCUT2D eigenvalue weighted by Gasteiger charge is -2.34. The quantitative estimate of drug-likeness (QED) is 0.542. The summed E-state index contributed by atoms with van der Waals surface area (Å²) in [5.74, 6) is -0.480. The number of piperidine rings is 1. The number of unbranched alkanes of at least 4 members (excludes halogenated alkanes) is 2. The molecule has 2 aromatic heterocycles. The van der Waals surface area contributed by atoms with Crippen LogP contribution in [0.3, 0.4) is 0 Å². The number of nitrogens with zero attached hydrogens (tertiary/aromatic N) is 2. The zero-order chi connectivity index (χ0) is 19.9. The molecule has 0 unspecified atom stereocenters. The number of likely N-dealkylation sites (tertiary alicyclic amines) is 1. The van der Waals surface area contributed by atoms with Crippen molar-refractivity contribution in [2.45, 2.75) is 31.8 Å². The summed E-state index contributed by atoms with van der Waals surface area (Å²) in [6, 6.07) is 5.49. The van der Waals surface area contributed by atoms with Crippen LogP contribution in [0, 0.1) is 5.92 Å². The van der Waals surface area contributed by atoms with Gasteiger partial charge in [0.15, 0.2) is 11.5 Å². The summed E-state index contributed by atoms with van der Waals surface area (Å²) in [5.41, 5.74) is 5.58. The van der Waals surface area contributed by atoms with Crippen LogP contribution < -0.4 is 11.1 Å². The topological polar surface area (TPSA) is 122 Å². The van der Waals surface area contributed by atoms with Crippen LogP contribution in [-0.2, 0) is 4.79 Å². The highest BCUT2D eigenvalue weighted by atomic mass is 32.1. The van der Waals surface area contributed by atoms with Crippen molar-refractivity contribution in [3.05, 3.63) is 29.3 Å². The lowest BCUT2D eigenvalue weighted by molar-refractivity contribution is -0.128. The van der Waals surface area contributed by atoms with Gasteiger partial charge < -0.3 is 25.6 Å².